The highest BCUT2D eigenvalue weighted by atomic mass is 16.6. The van der Waals surface area contributed by atoms with Gasteiger partial charge in [0.2, 0.25) is 0 Å². The Balaban J connectivity index is 2.15. The smallest absolute Gasteiger partial charge is 0.295 e. The summed E-state index contributed by atoms with van der Waals surface area (Å²) in [4.78, 5) is 17.1. The molecule has 1 aromatic heterocycles. The van der Waals surface area contributed by atoms with Crippen molar-refractivity contribution in [3.05, 3.63) is 40.6 Å². The number of nitrogens with one attached hydrogen (secondary N) is 1. The zero-order valence-electron chi connectivity index (χ0n) is 10.4. The number of benzene rings is 1. The summed E-state index contributed by atoms with van der Waals surface area (Å²) >= 11 is 0. The lowest BCUT2D eigenvalue weighted by molar-refractivity contribution is -0.383. The molecule has 3 rings (SSSR count). The number of nitro benzene ring substituents is 1. The number of non-ortho nitro benzene ring substituents is 1. The fraction of sp³-hybridized carbons (Fsp3) is 0.308. The lowest BCUT2D eigenvalue weighted by Crippen LogP contribution is -2.43. The molecule has 98 valence electrons. The van der Waals surface area contributed by atoms with E-state index in [1.165, 1.54) is 0 Å². The summed E-state index contributed by atoms with van der Waals surface area (Å²) in [7, 11) is 0. The number of piperazine rings is 1. The number of nitrogens with zero attached hydrogens (tertiary/aromatic N) is 3. The van der Waals surface area contributed by atoms with Crippen molar-refractivity contribution in [1.29, 1.82) is 0 Å². The van der Waals surface area contributed by atoms with Crippen molar-refractivity contribution < 1.29 is 4.92 Å². The largest absolute Gasteiger partial charge is 0.368 e. The van der Waals surface area contributed by atoms with Crippen LogP contribution in [0.1, 0.15) is 0 Å². The minimum Gasteiger partial charge on any atom is -0.368 e. The molecule has 0 bridgehead atoms. The predicted octanol–water partition coefficient (Wildman–Crippen LogP) is 1.55. The van der Waals surface area contributed by atoms with E-state index in [9.17, 15) is 10.1 Å². The molecular formula is C13H14N4O2. The minimum atomic E-state index is -0.378. The highest BCUT2D eigenvalue weighted by Crippen LogP contribution is 2.32. The third-order valence-corrected chi connectivity index (χ3v) is 3.38. The number of hydrogen-bond acceptors (Lipinski definition) is 5. The van der Waals surface area contributed by atoms with Crippen LogP contribution in [0, 0.1) is 10.1 Å². The van der Waals surface area contributed by atoms with Gasteiger partial charge in [0.25, 0.3) is 5.69 Å². The second-order valence-electron chi connectivity index (χ2n) is 4.50. The molecule has 0 atom stereocenters. The molecule has 0 aliphatic carbocycles. The van der Waals surface area contributed by atoms with Crippen molar-refractivity contribution in [2.45, 2.75) is 0 Å². The SMILES string of the molecule is O=[N+]([O-])c1ccc(N2CCNCC2)c2cccnc12. The highest BCUT2D eigenvalue weighted by Gasteiger charge is 2.19. The summed E-state index contributed by atoms with van der Waals surface area (Å²) in [6.07, 6.45) is 1.59. The lowest BCUT2D eigenvalue weighted by atomic mass is 10.1. The molecule has 1 aliphatic rings. The first kappa shape index (κ1) is 11.9. The molecule has 0 spiro atoms. The van der Waals surface area contributed by atoms with E-state index in [4.69, 9.17) is 0 Å². The van der Waals surface area contributed by atoms with Crippen molar-refractivity contribution in [3.63, 3.8) is 0 Å². The maximum atomic E-state index is 11.0. The van der Waals surface area contributed by atoms with Gasteiger partial charge in [-0.2, -0.15) is 0 Å². The fourth-order valence-electron chi connectivity index (χ4n) is 2.47. The molecule has 1 N–H and O–H groups in total. The van der Waals surface area contributed by atoms with Crippen molar-refractivity contribution in [3.8, 4) is 0 Å². The molecule has 0 saturated carbocycles. The van der Waals surface area contributed by atoms with Gasteiger partial charge >= 0.3 is 0 Å². The number of nitro groups is 1. The lowest BCUT2D eigenvalue weighted by Gasteiger charge is -2.30. The topological polar surface area (TPSA) is 71.3 Å². The van der Waals surface area contributed by atoms with Gasteiger partial charge in [0.1, 0.15) is 5.52 Å². The standard InChI is InChI=1S/C13H14N4O2/c18-17(19)12-4-3-11(16-8-6-14-7-9-16)10-2-1-5-15-13(10)12/h1-5,14H,6-9H2. The molecule has 6 nitrogen and oxygen atoms in total. The molecule has 0 radical (unpaired) electrons. The van der Waals surface area contributed by atoms with Gasteiger partial charge in [-0.3, -0.25) is 10.1 Å². The van der Waals surface area contributed by atoms with Crippen molar-refractivity contribution in [2.75, 3.05) is 31.1 Å². The van der Waals surface area contributed by atoms with Gasteiger partial charge in [-0.25, -0.2) is 4.98 Å². The van der Waals surface area contributed by atoms with E-state index in [0.29, 0.717) is 5.52 Å². The Morgan fingerprint density at radius 1 is 1.26 bits per heavy atom. The van der Waals surface area contributed by atoms with Crippen LogP contribution < -0.4 is 10.2 Å². The van der Waals surface area contributed by atoms with Crippen LogP contribution in [0.2, 0.25) is 0 Å². The highest BCUT2D eigenvalue weighted by molar-refractivity contribution is 5.97. The predicted molar refractivity (Wildman–Crippen MR) is 73.5 cm³/mol. The number of pyridine rings is 1. The van der Waals surface area contributed by atoms with Crippen LogP contribution in [-0.4, -0.2) is 36.1 Å². The second kappa shape index (κ2) is 4.81. The Morgan fingerprint density at radius 3 is 2.79 bits per heavy atom. The van der Waals surface area contributed by atoms with E-state index in [1.807, 2.05) is 18.2 Å². The van der Waals surface area contributed by atoms with Gasteiger partial charge in [-0.1, -0.05) is 0 Å². The van der Waals surface area contributed by atoms with Crippen molar-refractivity contribution >= 4 is 22.3 Å². The van der Waals surface area contributed by atoms with Crippen LogP contribution in [0.15, 0.2) is 30.5 Å². The van der Waals surface area contributed by atoms with Crippen LogP contribution >= 0.6 is 0 Å². The van der Waals surface area contributed by atoms with E-state index in [-0.39, 0.29) is 10.6 Å². The molecular weight excluding hydrogens is 244 g/mol. The van der Waals surface area contributed by atoms with Crippen LogP contribution in [0.3, 0.4) is 0 Å². The third kappa shape index (κ3) is 2.10. The van der Waals surface area contributed by atoms with E-state index in [1.54, 1.807) is 12.3 Å². The fourth-order valence-corrected chi connectivity index (χ4v) is 2.47. The van der Waals surface area contributed by atoms with Crippen molar-refractivity contribution in [1.82, 2.24) is 10.3 Å². The van der Waals surface area contributed by atoms with Gasteiger partial charge in [0.15, 0.2) is 0 Å². The Hall–Kier alpha value is -2.21. The van der Waals surface area contributed by atoms with Crippen LogP contribution in [0.4, 0.5) is 11.4 Å². The first-order chi connectivity index (χ1) is 9.27. The second-order valence-corrected chi connectivity index (χ2v) is 4.50. The molecule has 0 amide bonds. The molecule has 1 aromatic carbocycles. The number of fused-ring (bicyclic) bond motifs is 1. The quantitative estimate of drug-likeness (QED) is 0.653. The average molecular weight is 258 g/mol. The Bertz CT molecular complexity index is 623. The normalized spacial score (nSPS) is 15.7. The summed E-state index contributed by atoms with van der Waals surface area (Å²) in [5.74, 6) is 0. The molecule has 6 heteroatoms. The van der Waals surface area contributed by atoms with Crippen LogP contribution in [0.5, 0.6) is 0 Å². The van der Waals surface area contributed by atoms with Gasteiger partial charge in [0, 0.05) is 49.5 Å². The van der Waals surface area contributed by atoms with Crippen LogP contribution in [0.25, 0.3) is 10.9 Å². The molecule has 0 unspecified atom stereocenters. The maximum Gasteiger partial charge on any atom is 0.295 e. The summed E-state index contributed by atoms with van der Waals surface area (Å²) in [6, 6.07) is 7.09. The molecule has 1 saturated heterocycles. The van der Waals surface area contributed by atoms with E-state index >= 15 is 0 Å². The third-order valence-electron chi connectivity index (χ3n) is 3.38. The molecule has 1 fully saturated rings. The van der Waals surface area contributed by atoms with E-state index < -0.39 is 0 Å². The number of hydrogen-bond donors (Lipinski definition) is 1. The maximum absolute atomic E-state index is 11.0. The molecule has 2 aromatic rings. The van der Waals surface area contributed by atoms with Gasteiger partial charge in [-0.15, -0.1) is 0 Å². The van der Waals surface area contributed by atoms with Gasteiger partial charge in [-0.05, 0) is 18.2 Å². The Labute approximate surface area is 110 Å². The van der Waals surface area contributed by atoms with Gasteiger partial charge < -0.3 is 10.2 Å². The molecule has 19 heavy (non-hydrogen) atoms. The van der Waals surface area contributed by atoms with Gasteiger partial charge in [0.05, 0.1) is 4.92 Å². The van der Waals surface area contributed by atoms with E-state index in [2.05, 4.69) is 15.2 Å². The minimum absolute atomic E-state index is 0.0643. The number of rotatable bonds is 2. The summed E-state index contributed by atoms with van der Waals surface area (Å²) in [5.41, 5.74) is 1.55. The zero-order chi connectivity index (χ0) is 13.2. The Kier molecular flexibility index (Phi) is 3.00. The first-order valence-electron chi connectivity index (χ1n) is 6.25. The van der Waals surface area contributed by atoms with E-state index in [0.717, 1.165) is 37.3 Å². The molecule has 2 heterocycles. The monoisotopic (exact) mass is 258 g/mol. The zero-order valence-corrected chi connectivity index (χ0v) is 10.4. The summed E-state index contributed by atoms with van der Waals surface area (Å²) < 4.78 is 0. The summed E-state index contributed by atoms with van der Waals surface area (Å²) in [5, 5.41) is 15.2. The van der Waals surface area contributed by atoms with Crippen molar-refractivity contribution in [2.24, 2.45) is 0 Å². The first-order valence-corrected chi connectivity index (χ1v) is 6.25. The Morgan fingerprint density at radius 2 is 2.05 bits per heavy atom. The van der Waals surface area contributed by atoms with Crippen LogP contribution in [-0.2, 0) is 0 Å². The summed E-state index contributed by atoms with van der Waals surface area (Å²) in [6.45, 7) is 3.67. The molecule has 1 aliphatic heterocycles. The number of aromatic nitrogens is 1. The number of anilines is 1. The average Bonchev–Trinajstić information content (AvgIpc) is 2.47.